The first kappa shape index (κ1) is 7.18. The second kappa shape index (κ2) is 2.87. The van der Waals surface area contributed by atoms with Gasteiger partial charge in [0.2, 0.25) is 0 Å². The SMILES string of the molecule is OCC1=CNNc2ccccc21. The molecule has 0 saturated heterocycles. The van der Waals surface area contributed by atoms with Gasteiger partial charge in [0.1, 0.15) is 0 Å². The summed E-state index contributed by atoms with van der Waals surface area (Å²) in [5.41, 5.74) is 8.82. The molecule has 3 N–H and O–H groups in total. The van der Waals surface area contributed by atoms with Crippen LogP contribution in [0.1, 0.15) is 5.56 Å². The van der Waals surface area contributed by atoms with Gasteiger partial charge in [0, 0.05) is 17.3 Å². The van der Waals surface area contributed by atoms with E-state index < -0.39 is 0 Å². The Bertz CT molecular complexity index is 320. The quantitative estimate of drug-likeness (QED) is 0.576. The van der Waals surface area contributed by atoms with Crippen molar-refractivity contribution in [3.63, 3.8) is 0 Å². The average molecular weight is 162 g/mol. The van der Waals surface area contributed by atoms with Crippen LogP contribution in [0.4, 0.5) is 5.69 Å². The third-order valence-electron chi connectivity index (χ3n) is 1.90. The lowest BCUT2D eigenvalue weighted by Gasteiger charge is -2.18. The van der Waals surface area contributed by atoms with Crippen molar-refractivity contribution in [3.05, 3.63) is 36.0 Å². The third kappa shape index (κ3) is 1.04. The number of para-hydroxylation sites is 1. The molecule has 0 aromatic heterocycles. The van der Waals surface area contributed by atoms with E-state index in [1.54, 1.807) is 6.20 Å². The highest BCUT2D eigenvalue weighted by molar-refractivity contribution is 5.78. The van der Waals surface area contributed by atoms with Crippen LogP contribution in [0.3, 0.4) is 0 Å². The molecule has 0 unspecified atom stereocenters. The van der Waals surface area contributed by atoms with Crippen molar-refractivity contribution < 1.29 is 5.11 Å². The maximum absolute atomic E-state index is 9.00. The Labute approximate surface area is 70.7 Å². The molecule has 0 aliphatic carbocycles. The number of fused-ring (bicyclic) bond motifs is 1. The van der Waals surface area contributed by atoms with Gasteiger partial charge in [0.15, 0.2) is 0 Å². The normalized spacial score (nSPS) is 13.9. The monoisotopic (exact) mass is 162 g/mol. The summed E-state index contributed by atoms with van der Waals surface area (Å²) in [5.74, 6) is 0. The summed E-state index contributed by atoms with van der Waals surface area (Å²) in [6.45, 7) is 0.0612. The number of hydrazine groups is 1. The second-order valence-electron chi connectivity index (χ2n) is 2.64. The summed E-state index contributed by atoms with van der Waals surface area (Å²) in [4.78, 5) is 0. The van der Waals surface area contributed by atoms with Crippen LogP contribution in [0.5, 0.6) is 0 Å². The van der Waals surface area contributed by atoms with Gasteiger partial charge in [-0.25, -0.2) is 0 Å². The Hall–Kier alpha value is -1.48. The van der Waals surface area contributed by atoms with Gasteiger partial charge in [-0.1, -0.05) is 18.2 Å². The van der Waals surface area contributed by atoms with Crippen molar-refractivity contribution in [2.24, 2.45) is 0 Å². The summed E-state index contributed by atoms with van der Waals surface area (Å²) < 4.78 is 0. The maximum atomic E-state index is 9.00. The van der Waals surface area contributed by atoms with Gasteiger partial charge >= 0.3 is 0 Å². The van der Waals surface area contributed by atoms with Crippen LogP contribution in [-0.2, 0) is 0 Å². The molecule has 1 aliphatic heterocycles. The van der Waals surface area contributed by atoms with E-state index in [0.29, 0.717) is 0 Å². The highest BCUT2D eigenvalue weighted by Gasteiger charge is 2.08. The van der Waals surface area contributed by atoms with E-state index in [4.69, 9.17) is 5.11 Å². The zero-order valence-corrected chi connectivity index (χ0v) is 6.54. The Morgan fingerprint density at radius 3 is 2.92 bits per heavy atom. The number of benzene rings is 1. The number of rotatable bonds is 1. The third-order valence-corrected chi connectivity index (χ3v) is 1.90. The number of hydrogen-bond donors (Lipinski definition) is 3. The first-order valence-corrected chi connectivity index (χ1v) is 3.82. The lowest BCUT2D eigenvalue weighted by Crippen LogP contribution is -2.21. The van der Waals surface area contributed by atoms with Crippen LogP contribution in [0.25, 0.3) is 5.57 Å². The van der Waals surface area contributed by atoms with E-state index in [0.717, 1.165) is 16.8 Å². The van der Waals surface area contributed by atoms with Crippen LogP contribution in [-0.4, -0.2) is 11.7 Å². The van der Waals surface area contributed by atoms with Crippen LogP contribution in [0, 0.1) is 0 Å². The number of anilines is 1. The fraction of sp³-hybridized carbons (Fsp3) is 0.111. The van der Waals surface area contributed by atoms with Crippen LogP contribution in [0.2, 0.25) is 0 Å². The molecule has 0 atom stereocenters. The molecule has 1 aromatic rings. The fourth-order valence-corrected chi connectivity index (χ4v) is 1.28. The van der Waals surface area contributed by atoms with Crippen molar-refractivity contribution in [2.75, 3.05) is 12.0 Å². The van der Waals surface area contributed by atoms with Crippen LogP contribution >= 0.6 is 0 Å². The molecule has 12 heavy (non-hydrogen) atoms. The molecule has 62 valence electrons. The molecule has 1 aliphatic rings. The largest absolute Gasteiger partial charge is 0.392 e. The lowest BCUT2D eigenvalue weighted by atomic mass is 10.0. The summed E-state index contributed by atoms with van der Waals surface area (Å²) in [6.07, 6.45) is 1.77. The van der Waals surface area contributed by atoms with E-state index in [1.807, 2.05) is 24.3 Å². The highest BCUT2D eigenvalue weighted by atomic mass is 16.3. The van der Waals surface area contributed by atoms with Gasteiger partial charge in [-0.2, -0.15) is 0 Å². The predicted molar refractivity (Wildman–Crippen MR) is 48.3 cm³/mol. The molecular formula is C9H10N2O. The molecule has 1 aromatic carbocycles. The minimum atomic E-state index is 0.0612. The zero-order chi connectivity index (χ0) is 8.39. The van der Waals surface area contributed by atoms with Crippen molar-refractivity contribution >= 4 is 11.3 Å². The summed E-state index contributed by atoms with van der Waals surface area (Å²) in [7, 11) is 0. The predicted octanol–water partition coefficient (Wildman–Crippen LogP) is 0.950. The summed E-state index contributed by atoms with van der Waals surface area (Å²) >= 11 is 0. The van der Waals surface area contributed by atoms with E-state index >= 15 is 0 Å². The molecule has 0 bridgehead atoms. The van der Waals surface area contributed by atoms with Gasteiger partial charge in [-0.3, -0.25) is 0 Å². The molecule has 0 spiro atoms. The van der Waals surface area contributed by atoms with E-state index in [2.05, 4.69) is 10.9 Å². The Balaban J connectivity index is 2.48. The second-order valence-corrected chi connectivity index (χ2v) is 2.64. The summed E-state index contributed by atoms with van der Waals surface area (Å²) in [5, 5.41) is 9.00. The standard InChI is InChI=1S/C9H10N2O/c12-6-7-5-10-11-9-4-2-1-3-8(7)9/h1-5,10-12H,6H2. The smallest absolute Gasteiger partial charge is 0.0703 e. The fourth-order valence-electron chi connectivity index (χ4n) is 1.28. The van der Waals surface area contributed by atoms with Crippen molar-refractivity contribution in [1.29, 1.82) is 0 Å². The zero-order valence-electron chi connectivity index (χ0n) is 6.54. The van der Waals surface area contributed by atoms with E-state index in [1.165, 1.54) is 0 Å². The Morgan fingerprint density at radius 2 is 2.08 bits per heavy atom. The van der Waals surface area contributed by atoms with Crippen molar-refractivity contribution in [1.82, 2.24) is 5.43 Å². The first-order chi connectivity index (χ1) is 5.92. The average Bonchev–Trinajstić information content (AvgIpc) is 2.17. The molecule has 0 amide bonds. The first-order valence-electron chi connectivity index (χ1n) is 3.82. The molecular weight excluding hydrogens is 152 g/mol. The van der Waals surface area contributed by atoms with Gasteiger partial charge in [-0.05, 0) is 6.07 Å². The molecule has 3 nitrogen and oxygen atoms in total. The Kier molecular flexibility index (Phi) is 1.72. The number of nitrogens with one attached hydrogen (secondary N) is 2. The molecule has 2 rings (SSSR count). The van der Waals surface area contributed by atoms with Crippen LogP contribution < -0.4 is 10.9 Å². The number of aliphatic hydroxyl groups is 1. The van der Waals surface area contributed by atoms with Crippen molar-refractivity contribution in [2.45, 2.75) is 0 Å². The van der Waals surface area contributed by atoms with Gasteiger partial charge in [-0.15, -0.1) is 0 Å². The van der Waals surface area contributed by atoms with Crippen molar-refractivity contribution in [3.8, 4) is 0 Å². The van der Waals surface area contributed by atoms with Gasteiger partial charge in [0.05, 0.1) is 12.3 Å². The van der Waals surface area contributed by atoms with E-state index in [9.17, 15) is 0 Å². The summed E-state index contributed by atoms with van der Waals surface area (Å²) in [6, 6.07) is 7.85. The molecule has 3 heteroatoms. The number of hydrogen-bond acceptors (Lipinski definition) is 3. The number of aliphatic hydroxyl groups excluding tert-OH is 1. The Morgan fingerprint density at radius 1 is 1.25 bits per heavy atom. The lowest BCUT2D eigenvalue weighted by molar-refractivity contribution is 0.349. The molecule has 1 heterocycles. The minimum absolute atomic E-state index is 0.0612. The van der Waals surface area contributed by atoms with Crippen LogP contribution in [0.15, 0.2) is 30.5 Å². The van der Waals surface area contributed by atoms with E-state index in [-0.39, 0.29) is 6.61 Å². The molecule has 0 fully saturated rings. The van der Waals surface area contributed by atoms with Gasteiger partial charge < -0.3 is 16.0 Å². The molecule has 0 saturated carbocycles. The van der Waals surface area contributed by atoms with Gasteiger partial charge in [0.25, 0.3) is 0 Å². The topological polar surface area (TPSA) is 44.3 Å². The molecule has 0 radical (unpaired) electrons. The highest BCUT2D eigenvalue weighted by Crippen LogP contribution is 2.24. The maximum Gasteiger partial charge on any atom is 0.0703 e. The minimum Gasteiger partial charge on any atom is -0.392 e.